The zero-order valence-electron chi connectivity index (χ0n) is 28.6. The van der Waals surface area contributed by atoms with Crippen molar-refractivity contribution in [2.45, 2.75) is 76.5 Å². The number of aryl methyl sites for hydroxylation is 1. The van der Waals surface area contributed by atoms with E-state index >= 15 is 0 Å². The lowest BCUT2D eigenvalue weighted by Gasteiger charge is -2.36. The number of hydrogen-bond donors (Lipinski definition) is 3. The Bertz CT molecular complexity index is 1900. The van der Waals surface area contributed by atoms with Crippen LogP contribution in [0.5, 0.6) is 17.2 Å². The first-order chi connectivity index (χ1) is 25.0. The molecule has 2 unspecified atom stereocenters. The van der Waals surface area contributed by atoms with Crippen molar-refractivity contribution in [1.29, 1.82) is 0 Å². The normalized spacial score (nSPS) is 23.7. The maximum Gasteiger partial charge on any atom is 0.270 e. The van der Waals surface area contributed by atoms with Crippen molar-refractivity contribution in [2.75, 3.05) is 37.7 Å². The fraction of sp³-hybridized carbons (Fsp3) is 0.459. The summed E-state index contributed by atoms with van der Waals surface area (Å²) in [5.74, 6) is 1.87. The van der Waals surface area contributed by atoms with Gasteiger partial charge in [-0.25, -0.2) is 4.98 Å². The molecule has 0 radical (unpaired) electrons. The number of hydrogen-bond acceptors (Lipinski definition) is 12. The first-order valence-corrected chi connectivity index (χ1v) is 17.9. The van der Waals surface area contributed by atoms with Crippen LogP contribution in [0.1, 0.15) is 60.6 Å². The summed E-state index contributed by atoms with van der Waals surface area (Å²) in [5.41, 5.74) is 7.23. The van der Waals surface area contributed by atoms with Gasteiger partial charge >= 0.3 is 0 Å². The highest BCUT2D eigenvalue weighted by molar-refractivity contribution is 5.92. The molecule has 14 heteroatoms. The lowest BCUT2D eigenvalue weighted by atomic mass is 9.92. The standard InChI is InChI=1S/C37H43N7O7/c1-2-24-18-30-31(41-35(24)45)17-23(20-38-30)22-43-12-14-44(15-13-43)26-5-9-29(39-21-26)36(46)40-25-3-6-27(7-4-25)48-28-8-10-32-34(19-28)50-37(49-32)33-11-16-47-42-51-33/h5,8-10,17-21,25,27,33,37,42H,2-4,6-7,11-16,22H2,1H3,(H,40,46)(H,41,45). The minimum atomic E-state index is -0.539. The van der Waals surface area contributed by atoms with Gasteiger partial charge in [-0.15, -0.1) is 0 Å². The van der Waals surface area contributed by atoms with Crippen molar-refractivity contribution in [2.24, 2.45) is 0 Å². The average molecular weight is 698 g/mol. The average Bonchev–Trinajstić information content (AvgIpc) is 3.60. The van der Waals surface area contributed by atoms with Gasteiger partial charge in [-0.3, -0.25) is 29.1 Å². The molecule has 3 aliphatic heterocycles. The van der Waals surface area contributed by atoms with Gasteiger partial charge in [0.25, 0.3) is 17.8 Å². The highest BCUT2D eigenvalue weighted by atomic mass is 16.9. The predicted molar refractivity (Wildman–Crippen MR) is 188 cm³/mol. The first-order valence-electron chi connectivity index (χ1n) is 17.9. The van der Waals surface area contributed by atoms with E-state index in [-0.39, 0.29) is 29.7 Å². The van der Waals surface area contributed by atoms with Crippen LogP contribution in [0.3, 0.4) is 0 Å². The van der Waals surface area contributed by atoms with E-state index in [1.54, 1.807) is 6.20 Å². The Balaban J connectivity index is 0.771. The number of nitrogens with one attached hydrogen (secondary N) is 3. The number of ether oxygens (including phenoxy) is 3. The predicted octanol–water partition coefficient (Wildman–Crippen LogP) is 3.65. The second kappa shape index (κ2) is 14.8. The van der Waals surface area contributed by atoms with Gasteiger partial charge in [0, 0.05) is 63.0 Å². The number of anilines is 1. The molecule has 6 heterocycles. The Labute approximate surface area is 295 Å². The van der Waals surface area contributed by atoms with Crippen molar-refractivity contribution in [3.8, 4) is 17.2 Å². The summed E-state index contributed by atoms with van der Waals surface area (Å²) in [4.78, 5) is 52.5. The number of H-pyrrole nitrogens is 1. The minimum Gasteiger partial charge on any atom is -0.490 e. The second-order valence-electron chi connectivity index (χ2n) is 13.6. The van der Waals surface area contributed by atoms with Crippen LogP contribution < -0.4 is 35.6 Å². The Morgan fingerprint density at radius 3 is 2.57 bits per heavy atom. The molecule has 1 aromatic carbocycles. The monoisotopic (exact) mass is 697 g/mol. The van der Waals surface area contributed by atoms with E-state index in [1.165, 1.54) is 0 Å². The Morgan fingerprint density at radius 2 is 1.80 bits per heavy atom. The minimum absolute atomic E-state index is 0.0442. The quantitative estimate of drug-likeness (QED) is 0.234. The SMILES string of the molecule is CCc1cc2ncc(CN3CCN(c4ccc(C(=O)NC5CCC(Oc6ccc7c(c6)OC(C6CCONO6)O7)CC5)nc4)CC3)cc2[nH]c1=O. The number of aromatic amines is 1. The van der Waals surface area contributed by atoms with Crippen molar-refractivity contribution in [3.05, 3.63) is 82.0 Å². The van der Waals surface area contributed by atoms with Gasteiger partial charge in [-0.2, -0.15) is 0 Å². The van der Waals surface area contributed by atoms with Gasteiger partial charge in [0.1, 0.15) is 11.4 Å². The van der Waals surface area contributed by atoms with E-state index in [0.29, 0.717) is 36.6 Å². The zero-order chi connectivity index (χ0) is 34.7. The molecular formula is C37H43N7O7. The van der Waals surface area contributed by atoms with Gasteiger partial charge in [0.2, 0.25) is 0 Å². The zero-order valence-corrected chi connectivity index (χ0v) is 28.6. The van der Waals surface area contributed by atoms with Crippen LogP contribution in [0.2, 0.25) is 0 Å². The molecule has 3 aromatic heterocycles. The number of aromatic nitrogens is 3. The Kier molecular flexibility index (Phi) is 9.72. The molecule has 51 heavy (non-hydrogen) atoms. The van der Waals surface area contributed by atoms with E-state index in [0.717, 1.165) is 92.0 Å². The summed E-state index contributed by atoms with van der Waals surface area (Å²) < 4.78 is 18.2. The van der Waals surface area contributed by atoms with Gasteiger partial charge in [-0.05, 0) is 74.1 Å². The third-order valence-electron chi connectivity index (χ3n) is 10.1. The highest BCUT2D eigenvalue weighted by Gasteiger charge is 2.35. The summed E-state index contributed by atoms with van der Waals surface area (Å²) in [6, 6.07) is 13.4. The van der Waals surface area contributed by atoms with Gasteiger partial charge in [-0.1, -0.05) is 12.6 Å². The third kappa shape index (κ3) is 7.64. The lowest BCUT2D eigenvalue weighted by molar-refractivity contribution is -0.270. The van der Waals surface area contributed by atoms with Crippen molar-refractivity contribution in [1.82, 2.24) is 30.8 Å². The van der Waals surface area contributed by atoms with Crippen LogP contribution in [0, 0.1) is 0 Å². The molecule has 4 aliphatic rings. The summed E-state index contributed by atoms with van der Waals surface area (Å²) in [6.07, 6.45) is 7.60. The number of carbonyl (C=O) groups is 1. The van der Waals surface area contributed by atoms with Crippen LogP contribution in [0.15, 0.2) is 59.7 Å². The molecule has 2 saturated heterocycles. The van der Waals surface area contributed by atoms with E-state index in [4.69, 9.17) is 23.9 Å². The molecule has 1 aliphatic carbocycles. The number of pyridine rings is 3. The molecule has 8 rings (SSSR count). The fourth-order valence-electron chi connectivity index (χ4n) is 7.16. The molecule has 14 nitrogen and oxygen atoms in total. The number of amides is 1. The van der Waals surface area contributed by atoms with Crippen molar-refractivity contribution < 1.29 is 28.7 Å². The molecule has 1 saturated carbocycles. The lowest BCUT2D eigenvalue weighted by Crippen LogP contribution is -2.46. The molecule has 0 bridgehead atoms. The number of fused-ring (bicyclic) bond motifs is 2. The third-order valence-corrected chi connectivity index (χ3v) is 10.1. The smallest absolute Gasteiger partial charge is 0.270 e. The molecule has 4 aromatic rings. The van der Waals surface area contributed by atoms with Crippen LogP contribution in [0.25, 0.3) is 11.0 Å². The topological polar surface area (TPSA) is 152 Å². The number of carbonyl (C=O) groups excluding carboxylic acids is 1. The summed E-state index contributed by atoms with van der Waals surface area (Å²) in [5, 5.41) is 3.17. The summed E-state index contributed by atoms with van der Waals surface area (Å²) >= 11 is 0. The fourth-order valence-corrected chi connectivity index (χ4v) is 7.16. The van der Waals surface area contributed by atoms with Crippen molar-refractivity contribution in [3.63, 3.8) is 0 Å². The number of benzene rings is 1. The highest BCUT2D eigenvalue weighted by Crippen LogP contribution is 2.40. The number of rotatable bonds is 9. The molecule has 268 valence electrons. The van der Waals surface area contributed by atoms with Gasteiger partial charge < -0.3 is 29.4 Å². The summed E-state index contributed by atoms with van der Waals surface area (Å²) in [6.45, 7) is 6.73. The van der Waals surface area contributed by atoms with E-state index in [2.05, 4.69) is 35.7 Å². The molecule has 3 N–H and O–H groups in total. The molecule has 0 spiro atoms. The number of piperazine rings is 1. The first kappa shape index (κ1) is 33.4. The van der Waals surface area contributed by atoms with Crippen LogP contribution in [0.4, 0.5) is 5.69 Å². The van der Waals surface area contributed by atoms with Crippen molar-refractivity contribution >= 4 is 22.6 Å². The maximum atomic E-state index is 13.1. The van der Waals surface area contributed by atoms with E-state index in [9.17, 15) is 9.59 Å². The molecule has 3 fully saturated rings. The molecular weight excluding hydrogens is 654 g/mol. The summed E-state index contributed by atoms with van der Waals surface area (Å²) in [7, 11) is 0. The Hall–Kier alpha value is -4.76. The maximum absolute atomic E-state index is 13.1. The van der Waals surface area contributed by atoms with Gasteiger partial charge in [0.15, 0.2) is 17.6 Å². The molecule has 2 atom stereocenters. The van der Waals surface area contributed by atoms with Crippen LogP contribution in [-0.4, -0.2) is 83.1 Å². The second-order valence-corrected chi connectivity index (χ2v) is 13.6. The van der Waals surface area contributed by atoms with E-state index < -0.39 is 6.29 Å². The molecule has 1 amide bonds. The van der Waals surface area contributed by atoms with E-state index in [1.807, 2.05) is 55.6 Å². The Morgan fingerprint density at radius 1 is 0.961 bits per heavy atom. The van der Waals surface area contributed by atoms with Gasteiger partial charge in [0.05, 0.1) is 35.6 Å². The van der Waals surface area contributed by atoms with Crippen LogP contribution >= 0.6 is 0 Å². The number of nitrogens with zero attached hydrogens (tertiary/aromatic N) is 4. The van der Waals surface area contributed by atoms with Crippen LogP contribution in [-0.2, 0) is 22.6 Å². The largest absolute Gasteiger partial charge is 0.490 e.